The van der Waals surface area contributed by atoms with E-state index in [1.54, 1.807) is 24.3 Å². The molecule has 0 aliphatic carbocycles. The van der Waals surface area contributed by atoms with Gasteiger partial charge in [0.2, 0.25) is 0 Å². The number of aldehydes is 1. The van der Waals surface area contributed by atoms with Crippen LogP contribution < -0.4 is 0 Å². The van der Waals surface area contributed by atoms with Crippen molar-refractivity contribution in [1.29, 1.82) is 0 Å². The number of oxazole rings is 1. The number of hydrogen-bond acceptors (Lipinski definition) is 4. The second kappa shape index (κ2) is 3.75. The van der Waals surface area contributed by atoms with E-state index in [2.05, 4.69) is 4.98 Å². The van der Waals surface area contributed by atoms with Gasteiger partial charge in [-0.05, 0) is 24.3 Å². The third-order valence-electron chi connectivity index (χ3n) is 2.43. The average molecular weight is 248 g/mol. The molecule has 0 unspecified atom stereocenters. The maximum atomic E-state index is 10.6. The van der Waals surface area contributed by atoms with Crippen molar-refractivity contribution in [2.45, 2.75) is 0 Å². The highest BCUT2D eigenvalue weighted by molar-refractivity contribution is 6.34. The Kier molecular flexibility index (Phi) is 2.23. The summed E-state index contributed by atoms with van der Waals surface area (Å²) in [6.07, 6.45) is 1.99. The molecule has 84 valence electrons. The minimum atomic E-state index is 0.258. The summed E-state index contributed by atoms with van der Waals surface area (Å²) in [6, 6.07) is 6.70. The number of fused-ring (bicyclic) bond motifs is 1. The van der Waals surface area contributed by atoms with Gasteiger partial charge in [-0.25, -0.2) is 4.98 Å². The summed E-state index contributed by atoms with van der Waals surface area (Å²) in [6.45, 7) is 0. The molecule has 0 amide bonds. The molecule has 0 aliphatic rings. The molecule has 0 saturated carbocycles. The lowest BCUT2D eigenvalue weighted by Crippen LogP contribution is -1.78. The van der Waals surface area contributed by atoms with Crippen LogP contribution in [0.15, 0.2) is 39.5 Å². The van der Waals surface area contributed by atoms with E-state index in [-0.39, 0.29) is 5.76 Å². The molecule has 0 saturated heterocycles. The van der Waals surface area contributed by atoms with Gasteiger partial charge in [0, 0.05) is 5.56 Å². The van der Waals surface area contributed by atoms with Crippen LogP contribution in [0.25, 0.3) is 22.4 Å². The smallest absolute Gasteiger partial charge is 0.185 e. The van der Waals surface area contributed by atoms with Crippen LogP contribution in [0.1, 0.15) is 10.6 Å². The fourth-order valence-electron chi connectivity index (χ4n) is 1.63. The van der Waals surface area contributed by atoms with E-state index >= 15 is 0 Å². The zero-order chi connectivity index (χ0) is 11.8. The second-order valence-corrected chi connectivity index (χ2v) is 3.88. The van der Waals surface area contributed by atoms with Gasteiger partial charge in [-0.3, -0.25) is 4.79 Å². The zero-order valence-electron chi connectivity index (χ0n) is 8.51. The van der Waals surface area contributed by atoms with E-state index in [1.807, 2.05) is 0 Å². The molecule has 0 fully saturated rings. The minimum absolute atomic E-state index is 0.258. The van der Waals surface area contributed by atoms with E-state index < -0.39 is 0 Å². The van der Waals surface area contributed by atoms with E-state index in [9.17, 15) is 4.79 Å². The van der Waals surface area contributed by atoms with Crippen molar-refractivity contribution in [3.63, 3.8) is 0 Å². The SMILES string of the molecule is O=Cc1ccc(-c2cc3ocnc3cc2Cl)o1. The quantitative estimate of drug-likeness (QED) is 0.650. The Morgan fingerprint density at radius 3 is 2.94 bits per heavy atom. The monoisotopic (exact) mass is 247 g/mol. The summed E-state index contributed by atoms with van der Waals surface area (Å²) in [5.74, 6) is 0.782. The van der Waals surface area contributed by atoms with E-state index in [1.165, 1.54) is 6.39 Å². The van der Waals surface area contributed by atoms with Crippen molar-refractivity contribution in [1.82, 2.24) is 4.98 Å². The van der Waals surface area contributed by atoms with Crippen LogP contribution in [-0.4, -0.2) is 11.3 Å². The molecule has 5 heteroatoms. The first-order valence-corrected chi connectivity index (χ1v) is 5.24. The van der Waals surface area contributed by atoms with Crippen molar-refractivity contribution in [2.75, 3.05) is 0 Å². The van der Waals surface area contributed by atoms with E-state index in [4.69, 9.17) is 20.4 Å². The maximum absolute atomic E-state index is 10.6. The van der Waals surface area contributed by atoms with Crippen LogP contribution in [0, 0.1) is 0 Å². The van der Waals surface area contributed by atoms with Crippen LogP contribution in [0.5, 0.6) is 0 Å². The lowest BCUT2D eigenvalue weighted by Gasteiger charge is -1.99. The molecule has 3 rings (SSSR count). The fraction of sp³-hybridized carbons (Fsp3) is 0. The van der Waals surface area contributed by atoms with Gasteiger partial charge in [0.05, 0.1) is 5.02 Å². The Balaban J connectivity index is 2.21. The molecule has 4 nitrogen and oxygen atoms in total. The highest BCUT2D eigenvalue weighted by Crippen LogP contribution is 2.32. The largest absolute Gasteiger partial charge is 0.453 e. The summed E-state index contributed by atoms with van der Waals surface area (Å²) < 4.78 is 10.5. The summed E-state index contributed by atoms with van der Waals surface area (Å²) in [7, 11) is 0. The van der Waals surface area contributed by atoms with Crippen LogP contribution >= 0.6 is 11.6 Å². The van der Waals surface area contributed by atoms with Gasteiger partial charge in [0.15, 0.2) is 24.0 Å². The lowest BCUT2D eigenvalue weighted by molar-refractivity contribution is 0.110. The highest BCUT2D eigenvalue weighted by Gasteiger charge is 2.11. The molecule has 0 radical (unpaired) electrons. The number of aromatic nitrogens is 1. The molecule has 2 heterocycles. The summed E-state index contributed by atoms with van der Waals surface area (Å²) in [5, 5.41) is 0.498. The van der Waals surface area contributed by atoms with Crippen molar-refractivity contribution < 1.29 is 13.6 Å². The number of carbonyl (C=O) groups is 1. The standard InChI is InChI=1S/C12H6ClNO3/c13-9-4-10-12(16-6-14-10)3-8(9)11-2-1-7(5-15)17-11/h1-6H. The number of rotatable bonds is 2. The Labute approximate surface area is 101 Å². The first-order chi connectivity index (χ1) is 8.28. The molecule has 1 aromatic carbocycles. The number of carbonyl (C=O) groups excluding carboxylic acids is 1. The van der Waals surface area contributed by atoms with Gasteiger partial charge in [0.25, 0.3) is 0 Å². The number of halogens is 1. The second-order valence-electron chi connectivity index (χ2n) is 3.47. The van der Waals surface area contributed by atoms with Crippen LogP contribution in [-0.2, 0) is 0 Å². The van der Waals surface area contributed by atoms with Crippen LogP contribution in [0.2, 0.25) is 5.02 Å². The van der Waals surface area contributed by atoms with Crippen molar-refractivity contribution in [3.8, 4) is 11.3 Å². The van der Waals surface area contributed by atoms with Crippen LogP contribution in [0.4, 0.5) is 0 Å². The zero-order valence-corrected chi connectivity index (χ0v) is 9.27. The molecular weight excluding hydrogens is 242 g/mol. The number of hydrogen-bond donors (Lipinski definition) is 0. The maximum Gasteiger partial charge on any atom is 0.185 e. The summed E-state index contributed by atoms with van der Waals surface area (Å²) in [4.78, 5) is 14.5. The van der Waals surface area contributed by atoms with Crippen molar-refractivity contribution in [2.24, 2.45) is 0 Å². The van der Waals surface area contributed by atoms with Crippen LogP contribution in [0.3, 0.4) is 0 Å². The molecule has 0 atom stereocenters. The number of furan rings is 1. The Hall–Kier alpha value is -2.07. The van der Waals surface area contributed by atoms with Gasteiger partial charge in [-0.1, -0.05) is 11.6 Å². The normalized spacial score (nSPS) is 10.9. The molecular formula is C12H6ClNO3. The van der Waals surface area contributed by atoms with E-state index in [0.29, 0.717) is 33.7 Å². The molecule has 0 spiro atoms. The molecule has 2 aromatic heterocycles. The van der Waals surface area contributed by atoms with Crippen molar-refractivity contribution in [3.05, 3.63) is 41.4 Å². The molecule has 0 bridgehead atoms. The van der Waals surface area contributed by atoms with E-state index in [0.717, 1.165) is 0 Å². The van der Waals surface area contributed by atoms with Gasteiger partial charge in [0.1, 0.15) is 11.3 Å². The molecule has 3 aromatic rings. The highest BCUT2D eigenvalue weighted by atomic mass is 35.5. The first-order valence-electron chi connectivity index (χ1n) is 4.86. The predicted molar refractivity (Wildman–Crippen MR) is 62.1 cm³/mol. The molecule has 17 heavy (non-hydrogen) atoms. The Morgan fingerprint density at radius 2 is 2.18 bits per heavy atom. The topological polar surface area (TPSA) is 56.2 Å². The first kappa shape index (κ1) is 10.1. The Bertz CT molecular complexity index is 699. The van der Waals surface area contributed by atoms with Gasteiger partial charge in [-0.2, -0.15) is 0 Å². The summed E-state index contributed by atoms with van der Waals surface area (Å²) in [5.41, 5.74) is 1.97. The average Bonchev–Trinajstić information content (AvgIpc) is 2.94. The number of nitrogens with zero attached hydrogens (tertiary/aromatic N) is 1. The Morgan fingerprint density at radius 1 is 1.29 bits per heavy atom. The van der Waals surface area contributed by atoms with Gasteiger partial charge in [-0.15, -0.1) is 0 Å². The molecule has 0 N–H and O–H groups in total. The van der Waals surface area contributed by atoms with Gasteiger partial charge >= 0.3 is 0 Å². The fourth-order valence-corrected chi connectivity index (χ4v) is 1.88. The number of benzene rings is 1. The molecule has 0 aliphatic heterocycles. The summed E-state index contributed by atoms with van der Waals surface area (Å²) >= 11 is 6.12. The predicted octanol–water partition coefficient (Wildman–Crippen LogP) is 3.55. The lowest BCUT2D eigenvalue weighted by atomic mass is 10.1. The third kappa shape index (κ3) is 1.62. The van der Waals surface area contributed by atoms with Gasteiger partial charge < -0.3 is 8.83 Å². The van der Waals surface area contributed by atoms with Crippen molar-refractivity contribution >= 4 is 29.0 Å². The minimum Gasteiger partial charge on any atom is -0.453 e. The third-order valence-corrected chi connectivity index (χ3v) is 2.74.